The van der Waals surface area contributed by atoms with Gasteiger partial charge in [-0.3, -0.25) is 10.2 Å². The summed E-state index contributed by atoms with van der Waals surface area (Å²) < 4.78 is 4.99. The van der Waals surface area contributed by atoms with Crippen LogP contribution in [0.1, 0.15) is 16.2 Å². The van der Waals surface area contributed by atoms with E-state index in [1.165, 1.54) is 17.8 Å². The van der Waals surface area contributed by atoms with Crippen LogP contribution in [0.2, 0.25) is 5.02 Å². The number of rotatable bonds is 4. The van der Waals surface area contributed by atoms with Crippen molar-refractivity contribution in [1.29, 1.82) is 0 Å². The number of halogens is 1. The molecule has 0 radical (unpaired) electrons. The molecule has 0 unspecified atom stereocenters. The predicted molar refractivity (Wildman–Crippen MR) is 67.0 cm³/mol. The summed E-state index contributed by atoms with van der Waals surface area (Å²) in [5, 5.41) is 4.85. The van der Waals surface area contributed by atoms with E-state index in [2.05, 4.69) is 10.1 Å². The quantitative estimate of drug-likeness (QED) is 0.383. The number of nitrogen functional groups attached to an aromatic ring is 1. The number of nitrogens with two attached hydrogens (primary N) is 1. The molecule has 3 N–H and O–H groups in total. The summed E-state index contributed by atoms with van der Waals surface area (Å²) in [4.78, 5) is 15.3. The maximum Gasteiger partial charge on any atom is 0.287 e. The van der Waals surface area contributed by atoms with Gasteiger partial charge in [-0.2, -0.15) is 0 Å². The second-order valence-corrected chi connectivity index (χ2v) is 4.60. The van der Waals surface area contributed by atoms with Gasteiger partial charge < -0.3 is 4.52 Å². The summed E-state index contributed by atoms with van der Waals surface area (Å²) >= 11 is 7.35. The van der Waals surface area contributed by atoms with E-state index >= 15 is 0 Å². The summed E-state index contributed by atoms with van der Waals surface area (Å²) in [7, 11) is 0. The van der Waals surface area contributed by atoms with E-state index in [4.69, 9.17) is 22.0 Å². The van der Waals surface area contributed by atoms with Gasteiger partial charge in [-0.05, 0) is 12.1 Å². The lowest BCUT2D eigenvalue weighted by molar-refractivity contribution is 0.0944. The Labute approximate surface area is 112 Å². The number of thioether (sulfide) groups is 1. The first-order chi connectivity index (χ1) is 8.70. The largest absolute Gasteiger partial charge is 0.360 e. The van der Waals surface area contributed by atoms with Gasteiger partial charge in [-0.1, -0.05) is 28.5 Å². The Morgan fingerprint density at radius 3 is 3.17 bits per heavy atom. The monoisotopic (exact) mass is 284 g/mol. The third-order valence-corrected chi connectivity index (χ3v) is 3.44. The van der Waals surface area contributed by atoms with Crippen molar-refractivity contribution in [2.24, 2.45) is 5.84 Å². The predicted octanol–water partition coefficient (Wildman–Crippen LogP) is 1.62. The summed E-state index contributed by atoms with van der Waals surface area (Å²) in [6.45, 7) is 0. The number of hydrogen-bond acceptors (Lipinski definition) is 6. The Bertz CT molecular complexity index is 560. The second-order valence-electron chi connectivity index (χ2n) is 3.23. The molecule has 1 amide bonds. The molecule has 2 aromatic rings. The first kappa shape index (κ1) is 12.9. The zero-order valence-electron chi connectivity index (χ0n) is 9.09. The third-order valence-electron chi connectivity index (χ3n) is 2.00. The highest BCUT2D eigenvalue weighted by Gasteiger charge is 2.12. The third kappa shape index (κ3) is 3.00. The zero-order chi connectivity index (χ0) is 13.0. The summed E-state index contributed by atoms with van der Waals surface area (Å²) in [5.74, 6) is 5.51. The molecule has 94 valence electrons. The smallest absolute Gasteiger partial charge is 0.287 e. The number of carbonyl (C=O) groups is 1. The van der Waals surface area contributed by atoms with Gasteiger partial charge in [-0.15, -0.1) is 0 Å². The SMILES string of the molecule is NNC(=O)c1cc(CSc2ncccc2Cl)on1. The molecule has 0 aliphatic carbocycles. The van der Waals surface area contributed by atoms with Crippen LogP contribution in [0.5, 0.6) is 0 Å². The fourth-order valence-corrected chi connectivity index (χ4v) is 2.22. The van der Waals surface area contributed by atoms with E-state index in [0.717, 1.165) is 0 Å². The van der Waals surface area contributed by atoms with Crippen LogP contribution in [-0.4, -0.2) is 16.0 Å². The van der Waals surface area contributed by atoms with E-state index in [0.29, 0.717) is 21.6 Å². The van der Waals surface area contributed by atoms with Crippen LogP contribution in [0.15, 0.2) is 33.9 Å². The first-order valence-electron chi connectivity index (χ1n) is 4.90. The molecule has 0 bridgehead atoms. The molecule has 0 fully saturated rings. The van der Waals surface area contributed by atoms with Gasteiger partial charge in [0.2, 0.25) is 0 Å². The topological polar surface area (TPSA) is 94.0 Å². The average molecular weight is 285 g/mol. The average Bonchev–Trinajstić information content (AvgIpc) is 2.86. The van der Waals surface area contributed by atoms with E-state index < -0.39 is 5.91 Å². The molecule has 0 saturated heterocycles. The Kier molecular flexibility index (Phi) is 4.19. The van der Waals surface area contributed by atoms with Crippen LogP contribution < -0.4 is 11.3 Å². The van der Waals surface area contributed by atoms with Gasteiger partial charge in [0.15, 0.2) is 5.69 Å². The first-order valence-corrected chi connectivity index (χ1v) is 6.27. The molecule has 18 heavy (non-hydrogen) atoms. The van der Waals surface area contributed by atoms with Crippen molar-refractivity contribution >= 4 is 29.3 Å². The van der Waals surface area contributed by atoms with Crippen molar-refractivity contribution in [1.82, 2.24) is 15.6 Å². The Morgan fingerprint density at radius 2 is 2.44 bits per heavy atom. The summed E-state index contributed by atoms with van der Waals surface area (Å²) in [6.07, 6.45) is 1.65. The van der Waals surface area contributed by atoms with Crippen molar-refractivity contribution < 1.29 is 9.32 Å². The Morgan fingerprint density at radius 1 is 1.61 bits per heavy atom. The number of nitrogens with one attached hydrogen (secondary N) is 1. The van der Waals surface area contributed by atoms with Crippen molar-refractivity contribution in [2.75, 3.05) is 0 Å². The maximum absolute atomic E-state index is 11.2. The van der Waals surface area contributed by atoms with Crippen LogP contribution in [-0.2, 0) is 5.75 Å². The molecule has 0 spiro atoms. The minimum absolute atomic E-state index is 0.139. The molecule has 0 atom stereocenters. The van der Waals surface area contributed by atoms with Crippen molar-refractivity contribution in [3.8, 4) is 0 Å². The highest BCUT2D eigenvalue weighted by molar-refractivity contribution is 7.98. The Balaban J connectivity index is 2.01. The molecule has 8 heteroatoms. The van der Waals surface area contributed by atoms with Gasteiger partial charge in [0, 0.05) is 12.3 Å². The number of carbonyl (C=O) groups excluding carboxylic acids is 1. The van der Waals surface area contributed by atoms with E-state index in [-0.39, 0.29) is 5.69 Å². The van der Waals surface area contributed by atoms with Gasteiger partial charge >= 0.3 is 0 Å². The number of pyridine rings is 1. The lowest BCUT2D eigenvalue weighted by atomic mass is 10.4. The lowest BCUT2D eigenvalue weighted by Crippen LogP contribution is -2.30. The van der Waals surface area contributed by atoms with Crippen LogP contribution in [0.4, 0.5) is 0 Å². The van der Waals surface area contributed by atoms with Crippen LogP contribution >= 0.6 is 23.4 Å². The number of amides is 1. The molecule has 0 aromatic carbocycles. The highest BCUT2D eigenvalue weighted by Crippen LogP contribution is 2.27. The van der Waals surface area contributed by atoms with Gasteiger partial charge in [0.25, 0.3) is 5.91 Å². The van der Waals surface area contributed by atoms with E-state index in [1.54, 1.807) is 18.3 Å². The number of hydrazine groups is 1. The van der Waals surface area contributed by atoms with Gasteiger partial charge in [0.05, 0.1) is 10.8 Å². The normalized spacial score (nSPS) is 10.3. The van der Waals surface area contributed by atoms with Crippen molar-refractivity contribution in [2.45, 2.75) is 10.8 Å². The maximum atomic E-state index is 11.2. The number of aromatic nitrogens is 2. The second kappa shape index (κ2) is 5.85. The minimum atomic E-state index is -0.495. The summed E-state index contributed by atoms with van der Waals surface area (Å²) in [5.41, 5.74) is 2.11. The number of hydrogen-bond donors (Lipinski definition) is 2. The fraction of sp³-hybridized carbons (Fsp3) is 0.100. The molecule has 0 aliphatic rings. The summed E-state index contributed by atoms with van der Waals surface area (Å²) in [6, 6.07) is 5.03. The molecule has 6 nitrogen and oxygen atoms in total. The molecule has 0 saturated carbocycles. The van der Waals surface area contributed by atoms with E-state index in [9.17, 15) is 4.79 Å². The van der Waals surface area contributed by atoms with Gasteiger partial charge in [0.1, 0.15) is 10.8 Å². The van der Waals surface area contributed by atoms with Gasteiger partial charge in [-0.25, -0.2) is 10.8 Å². The molecular formula is C10H9ClN4O2S. The lowest BCUT2D eigenvalue weighted by Gasteiger charge is -1.99. The van der Waals surface area contributed by atoms with Crippen LogP contribution in [0, 0.1) is 0 Å². The molecule has 2 rings (SSSR count). The molecule has 2 aromatic heterocycles. The molecular weight excluding hydrogens is 276 g/mol. The van der Waals surface area contributed by atoms with Crippen LogP contribution in [0.25, 0.3) is 0 Å². The minimum Gasteiger partial charge on any atom is -0.360 e. The number of nitrogens with zero attached hydrogens (tertiary/aromatic N) is 2. The Hall–Kier alpha value is -1.57. The molecule has 2 heterocycles. The van der Waals surface area contributed by atoms with Crippen molar-refractivity contribution in [3.05, 3.63) is 40.9 Å². The highest BCUT2D eigenvalue weighted by atomic mass is 35.5. The van der Waals surface area contributed by atoms with E-state index in [1.807, 2.05) is 5.43 Å². The zero-order valence-corrected chi connectivity index (χ0v) is 10.7. The fourth-order valence-electron chi connectivity index (χ4n) is 1.18. The van der Waals surface area contributed by atoms with Crippen LogP contribution in [0.3, 0.4) is 0 Å². The van der Waals surface area contributed by atoms with Crippen molar-refractivity contribution in [3.63, 3.8) is 0 Å². The standard InChI is InChI=1S/C10H9ClN4O2S/c11-7-2-1-3-13-10(7)18-5-6-4-8(15-17-6)9(16)14-12/h1-4H,5,12H2,(H,14,16). The molecule has 0 aliphatic heterocycles.